The van der Waals surface area contributed by atoms with Crippen LogP contribution in [-0.2, 0) is 0 Å². The maximum Gasteiger partial charge on any atom is 0.0210 e. The van der Waals surface area contributed by atoms with E-state index in [9.17, 15) is 0 Å². The lowest BCUT2D eigenvalue weighted by atomic mass is 9.94. The Bertz CT molecular complexity index is 286. The maximum atomic E-state index is 3.63. The number of nitrogens with one attached hydrogen (secondary N) is 1. The highest BCUT2D eigenvalue weighted by atomic mass is 79.9. The molecule has 1 unspecified atom stereocenters. The van der Waals surface area contributed by atoms with E-state index in [2.05, 4.69) is 59.4 Å². The van der Waals surface area contributed by atoms with Gasteiger partial charge in [0.25, 0.3) is 0 Å². The molecule has 0 amide bonds. The SMILES string of the molecule is CCCC(CNCC)c1ccccc1Br. The fourth-order valence-corrected chi connectivity index (χ4v) is 2.45. The van der Waals surface area contributed by atoms with Gasteiger partial charge in [0.05, 0.1) is 0 Å². The predicted octanol–water partition coefficient (Wildman–Crippen LogP) is 3.94. The van der Waals surface area contributed by atoms with Crippen molar-refractivity contribution in [1.29, 1.82) is 0 Å². The second-order valence-electron chi connectivity index (χ2n) is 3.81. The summed E-state index contributed by atoms with van der Waals surface area (Å²) in [5, 5.41) is 3.44. The average Bonchev–Trinajstić information content (AvgIpc) is 2.25. The molecule has 1 atom stereocenters. The zero-order valence-electron chi connectivity index (χ0n) is 9.59. The van der Waals surface area contributed by atoms with E-state index in [0.717, 1.165) is 13.1 Å². The topological polar surface area (TPSA) is 12.0 Å². The molecule has 0 saturated heterocycles. The van der Waals surface area contributed by atoms with Crippen molar-refractivity contribution in [2.75, 3.05) is 13.1 Å². The molecule has 0 saturated carbocycles. The number of likely N-dealkylation sites (N-methyl/N-ethyl adjacent to an activating group) is 1. The van der Waals surface area contributed by atoms with Crippen molar-refractivity contribution in [3.8, 4) is 0 Å². The molecule has 1 nitrogen and oxygen atoms in total. The van der Waals surface area contributed by atoms with E-state index in [-0.39, 0.29) is 0 Å². The molecule has 1 aromatic carbocycles. The Kier molecular flexibility index (Phi) is 5.96. The zero-order chi connectivity index (χ0) is 11.1. The van der Waals surface area contributed by atoms with Crippen LogP contribution in [0.5, 0.6) is 0 Å². The second-order valence-corrected chi connectivity index (χ2v) is 4.67. The molecule has 0 aliphatic heterocycles. The molecule has 0 heterocycles. The Hall–Kier alpha value is -0.340. The summed E-state index contributed by atoms with van der Waals surface area (Å²) in [6.07, 6.45) is 2.48. The molecule has 0 aromatic heterocycles. The van der Waals surface area contributed by atoms with Gasteiger partial charge < -0.3 is 5.32 Å². The summed E-state index contributed by atoms with van der Waals surface area (Å²) in [5.74, 6) is 0.630. The summed E-state index contributed by atoms with van der Waals surface area (Å²) in [4.78, 5) is 0. The van der Waals surface area contributed by atoms with Crippen LogP contribution in [0.3, 0.4) is 0 Å². The normalized spacial score (nSPS) is 12.7. The molecule has 1 aromatic rings. The van der Waals surface area contributed by atoms with Crippen LogP contribution in [0.1, 0.15) is 38.2 Å². The van der Waals surface area contributed by atoms with E-state index in [1.807, 2.05) is 0 Å². The lowest BCUT2D eigenvalue weighted by molar-refractivity contribution is 0.554. The second kappa shape index (κ2) is 7.02. The van der Waals surface area contributed by atoms with Crippen molar-refractivity contribution in [2.45, 2.75) is 32.6 Å². The van der Waals surface area contributed by atoms with E-state index in [0.29, 0.717) is 5.92 Å². The van der Waals surface area contributed by atoms with E-state index >= 15 is 0 Å². The van der Waals surface area contributed by atoms with Gasteiger partial charge in [-0.2, -0.15) is 0 Å². The van der Waals surface area contributed by atoms with Gasteiger partial charge in [-0.05, 0) is 30.5 Å². The first kappa shape index (κ1) is 12.7. The molecule has 0 aliphatic rings. The Morgan fingerprint density at radius 2 is 2.00 bits per heavy atom. The number of rotatable bonds is 6. The number of halogens is 1. The molecule has 2 heteroatoms. The zero-order valence-corrected chi connectivity index (χ0v) is 11.2. The maximum absolute atomic E-state index is 3.63. The first-order valence-corrected chi connectivity index (χ1v) is 6.54. The van der Waals surface area contributed by atoms with Crippen molar-refractivity contribution in [2.24, 2.45) is 0 Å². The molecule has 0 fully saturated rings. The minimum absolute atomic E-state index is 0.630. The Morgan fingerprint density at radius 3 is 2.60 bits per heavy atom. The van der Waals surface area contributed by atoms with Gasteiger partial charge in [-0.1, -0.05) is 54.4 Å². The van der Waals surface area contributed by atoms with Crippen molar-refractivity contribution < 1.29 is 0 Å². The first-order valence-electron chi connectivity index (χ1n) is 5.74. The van der Waals surface area contributed by atoms with Crippen LogP contribution in [0.4, 0.5) is 0 Å². The molecule has 1 N–H and O–H groups in total. The van der Waals surface area contributed by atoms with Gasteiger partial charge in [0, 0.05) is 11.0 Å². The third kappa shape index (κ3) is 3.96. The van der Waals surface area contributed by atoms with Gasteiger partial charge in [0.1, 0.15) is 0 Å². The van der Waals surface area contributed by atoms with E-state index in [4.69, 9.17) is 0 Å². The largest absolute Gasteiger partial charge is 0.316 e. The van der Waals surface area contributed by atoms with Crippen molar-refractivity contribution in [1.82, 2.24) is 5.32 Å². The average molecular weight is 270 g/mol. The van der Waals surface area contributed by atoms with Gasteiger partial charge >= 0.3 is 0 Å². The minimum atomic E-state index is 0.630. The number of benzene rings is 1. The third-order valence-corrected chi connectivity index (χ3v) is 3.35. The van der Waals surface area contributed by atoms with Gasteiger partial charge in [-0.3, -0.25) is 0 Å². The van der Waals surface area contributed by atoms with Crippen LogP contribution < -0.4 is 5.32 Å². The summed E-state index contributed by atoms with van der Waals surface area (Å²) in [6.45, 7) is 6.52. The lowest BCUT2D eigenvalue weighted by Crippen LogP contribution is -2.21. The molecule has 15 heavy (non-hydrogen) atoms. The first-order chi connectivity index (χ1) is 7.29. The van der Waals surface area contributed by atoms with Gasteiger partial charge in [-0.15, -0.1) is 0 Å². The molecule has 84 valence electrons. The summed E-state index contributed by atoms with van der Waals surface area (Å²) < 4.78 is 1.24. The summed E-state index contributed by atoms with van der Waals surface area (Å²) >= 11 is 3.63. The molecular weight excluding hydrogens is 250 g/mol. The molecule has 0 aliphatic carbocycles. The quantitative estimate of drug-likeness (QED) is 0.825. The van der Waals surface area contributed by atoms with Crippen LogP contribution in [-0.4, -0.2) is 13.1 Å². The molecule has 1 rings (SSSR count). The fourth-order valence-electron chi connectivity index (χ4n) is 1.84. The van der Waals surface area contributed by atoms with Crippen LogP contribution >= 0.6 is 15.9 Å². The van der Waals surface area contributed by atoms with E-state index in [1.165, 1.54) is 22.9 Å². The van der Waals surface area contributed by atoms with Crippen LogP contribution in [0.2, 0.25) is 0 Å². The van der Waals surface area contributed by atoms with Crippen LogP contribution in [0, 0.1) is 0 Å². The van der Waals surface area contributed by atoms with E-state index in [1.54, 1.807) is 0 Å². The van der Waals surface area contributed by atoms with Crippen molar-refractivity contribution >= 4 is 15.9 Å². The monoisotopic (exact) mass is 269 g/mol. The summed E-state index contributed by atoms with van der Waals surface area (Å²) in [5.41, 5.74) is 1.43. The number of hydrogen-bond acceptors (Lipinski definition) is 1. The van der Waals surface area contributed by atoms with Gasteiger partial charge in [0.15, 0.2) is 0 Å². The Balaban J connectivity index is 2.74. The Labute approximate surface area is 101 Å². The van der Waals surface area contributed by atoms with Gasteiger partial charge in [-0.25, -0.2) is 0 Å². The highest BCUT2D eigenvalue weighted by Gasteiger charge is 2.12. The highest BCUT2D eigenvalue weighted by Crippen LogP contribution is 2.27. The number of hydrogen-bond donors (Lipinski definition) is 1. The highest BCUT2D eigenvalue weighted by molar-refractivity contribution is 9.10. The predicted molar refractivity (Wildman–Crippen MR) is 70.3 cm³/mol. The fraction of sp³-hybridized carbons (Fsp3) is 0.538. The van der Waals surface area contributed by atoms with E-state index < -0.39 is 0 Å². The van der Waals surface area contributed by atoms with Crippen molar-refractivity contribution in [3.05, 3.63) is 34.3 Å². The minimum Gasteiger partial charge on any atom is -0.316 e. The smallest absolute Gasteiger partial charge is 0.0210 e. The van der Waals surface area contributed by atoms with Crippen LogP contribution in [0.25, 0.3) is 0 Å². The third-order valence-electron chi connectivity index (χ3n) is 2.62. The van der Waals surface area contributed by atoms with Crippen LogP contribution in [0.15, 0.2) is 28.7 Å². The summed E-state index contributed by atoms with van der Waals surface area (Å²) in [6, 6.07) is 8.55. The molecular formula is C13H20BrN. The van der Waals surface area contributed by atoms with Crippen molar-refractivity contribution in [3.63, 3.8) is 0 Å². The standard InChI is InChI=1S/C13H20BrN/c1-3-7-11(10-15-4-2)12-8-5-6-9-13(12)14/h5-6,8-9,11,15H,3-4,7,10H2,1-2H3. The van der Waals surface area contributed by atoms with Gasteiger partial charge in [0.2, 0.25) is 0 Å². The lowest BCUT2D eigenvalue weighted by Gasteiger charge is -2.18. The molecule has 0 radical (unpaired) electrons. The summed E-state index contributed by atoms with van der Waals surface area (Å²) in [7, 11) is 0. The Morgan fingerprint density at radius 1 is 1.27 bits per heavy atom. The molecule has 0 spiro atoms. The molecule has 0 bridgehead atoms.